The van der Waals surface area contributed by atoms with Crippen molar-refractivity contribution in [3.05, 3.63) is 64.6 Å². The summed E-state index contributed by atoms with van der Waals surface area (Å²) in [4.78, 5) is 41.3. The SMILES string of the molecule is CC(=O)N1CCC(N2CCC(c3nc(-n4nc(C(C)C)c5ccc(C)c(F)c54)no3)CC2)CC1.CC(=O)N1CCC(N2CCC(c3nc(-n4nc(C(C)C)c5ccc(O)c(F)c54)no3)CC2)CC1. The summed E-state index contributed by atoms with van der Waals surface area (Å²) in [5, 5.41) is 28.8. The normalized spacial score (nSPS) is 18.9. The Bertz CT molecular complexity index is 2560. The fourth-order valence-corrected chi connectivity index (χ4v) is 10.7. The topological polar surface area (TPSA) is 181 Å². The third-order valence-electron chi connectivity index (χ3n) is 14.7. The van der Waals surface area contributed by atoms with Gasteiger partial charge in [0.15, 0.2) is 17.4 Å². The molecule has 0 bridgehead atoms. The Morgan fingerprint density at radius 1 is 0.603 bits per heavy atom. The molecule has 4 aliphatic heterocycles. The number of phenols is 1. The Kier molecular flexibility index (Phi) is 13.7. The number of rotatable bonds is 8. The van der Waals surface area contributed by atoms with Gasteiger partial charge in [0.05, 0.1) is 11.4 Å². The third-order valence-corrected chi connectivity index (χ3v) is 14.7. The Morgan fingerprint density at radius 2 is 1.00 bits per heavy atom. The van der Waals surface area contributed by atoms with Crippen LogP contribution in [-0.2, 0) is 9.59 Å². The zero-order valence-electron chi connectivity index (χ0n) is 40.3. The predicted octanol–water partition coefficient (Wildman–Crippen LogP) is 7.74. The number of benzene rings is 2. The summed E-state index contributed by atoms with van der Waals surface area (Å²) >= 11 is 0. The highest BCUT2D eigenvalue weighted by atomic mass is 19.1. The van der Waals surface area contributed by atoms with Crippen molar-refractivity contribution in [2.45, 2.75) is 136 Å². The zero-order valence-corrected chi connectivity index (χ0v) is 40.3. The standard InChI is InChI=1S/C25H33FN6O2.C24H31FN6O3/c1-15(2)22-20-6-5-16(3)21(26)23(20)32(28-22)25-27-24(34-29-25)18-7-11-31(12-8-18)19-9-13-30(14-10-19)17(4)33;1-14(2)21-18-4-5-19(33)20(25)22(18)31(27-21)24-26-23(34-28-24)16-6-10-30(11-7-16)17-8-12-29(13-9-17)15(3)32/h5-6,15,18-19H,7-14H2,1-4H3;4-5,14,16-17,33H,6-13H2,1-3H3. The van der Waals surface area contributed by atoms with Crippen LogP contribution in [0.2, 0.25) is 0 Å². The summed E-state index contributed by atoms with van der Waals surface area (Å²) in [5.41, 5.74) is 2.66. The monoisotopic (exact) mass is 939 g/mol. The van der Waals surface area contributed by atoms with Crippen LogP contribution in [-0.4, -0.2) is 141 Å². The summed E-state index contributed by atoms with van der Waals surface area (Å²) in [6.07, 6.45) is 7.78. The van der Waals surface area contributed by atoms with Crippen LogP contribution in [0.5, 0.6) is 5.75 Å². The van der Waals surface area contributed by atoms with Gasteiger partial charge in [-0.05, 0) is 124 Å². The number of hydrogen-bond acceptors (Lipinski definition) is 13. The molecular weight excluding hydrogens is 875 g/mol. The largest absolute Gasteiger partial charge is 0.505 e. The molecule has 2 aromatic carbocycles. The van der Waals surface area contributed by atoms with Crippen LogP contribution in [0.3, 0.4) is 0 Å². The number of aryl methyl sites for hydroxylation is 1. The van der Waals surface area contributed by atoms with E-state index in [1.54, 1.807) is 32.9 Å². The number of piperidine rings is 4. The summed E-state index contributed by atoms with van der Waals surface area (Å²) in [6, 6.07) is 7.76. The molecule has 6 aromatic rings. The smallest absolute Gasteiger partial charge is 0.291 e. The maximum Gasteiger partial charge on any atom is 0.291 e. The van der Waals surface area contributed by atoms with Crippen molar-refractivity contribution >= 4 is 33.6 Å². The van der Waals surface area contributed by atoms with Gasteiger partial charge in [0, 0.05) is 74.7 Å². The number of amides is 2. The number of nitrogens with zero attached hydrogens (tertiary/aromatic N) is 12. The van der Waals surface area contributed by atoms with Crippen molar-refractivity contribution < 1.29 is 32.5 Å². The van der Waals surface area contributed by atoms with Gasteiger partial charge < -0.3 is 33.8 Å². The van der Waals surface area contributed by atoms with E-state index in [-0.39, 0.29) is 58.7 Å². The second kappa shape index (κ2) is 19.7. The highest BCUT2D eigenvalue weighted by Gasteiger charge is 2.34. The molecule has 0 unspecified atom stereocenters. The number of carbonyl (C=O) groups excluding carboxylic acids is 2. The van der Waals surface area contributed by atoms with E-state index >= 15 is 4.39 Å². The molecule has 1 N–H and O–H groups in total. The summed E-state index contributed by atoms with van der Waals surface area (Å²) in [5.74, 6) is 0.983. The van der Waals surface area contributed by atoms with Crippen molar-refractivity contribution in [1.29, 1.82) is 0 Å². The van der Waals surface area contributed by atoms with Crippen LogP contribution < -0.4 is 0 Å². The lowest BCUT2D eigenvalue weighted by Gasteiger charge is -2.41. The van der Waals surface area contributed by atoms with Crippen LogP contribution in [0, 0.1) is 18.6 Å². The lowest BCUT2D eigenvalue weighted by atomic mass is 9.93. The number of aromatic hydroxyl groups is 1. The van der Waals surface area contributed by atoms with Gasteiger partial charge in [-0.15, -0.1) is 0 Å². The zero-order chi connectivity index (χ0) is 48.0. The van der Waals surface area contributed by atoms with E-state index in [2.05, 4.69) is 40.3 Å². The van der Waals surface area contributed by atoms with Crippen LogP contribution in [0.1, 0.15) is 145 Å². The molecule has 4 aliphatic rings. The highest BCUT2D eigenvalue weighted by molar-refractivity contribution is 5.86. The van der Waals surface area contributed by atoms with Gasteiger partial charge in [-0.25, -0.2) is 8.78 Å². The van der Waals surface area contributed by atoms with Crippen molar-refractivity contribution in [2.24, 2.45) is 0 Å². The lowest BCUT2D eigenvalue weighted by Crippen LogP contribution is -2.48. The Balaban J connectivity index is 0.000000170. The van der Waals surface area contributed by atoms with Crippen LogP contribution in [0.4, 0.5) is 8.78 Å². The average molecular weight is 939 g/mol. The molecule has 0 aliphatic carbocycles. The molecule has 4 fully saturated rings. The first kappa shape index (κ1) is 47.3. The van der Waals surface area contributed by atoms with E-state index in [1.807, 2.05) is 43.6 Å². The molecule has 10 rings (SSSR count). The van der Waals surface area contributed by atoms with Gasteiger partial charge in [0.1, 0.15) is 11.0 Å². The number of carbonyl (C=O) groups is 2. The number of aromatic nitrogens is 8. The van der Waals surface area contributed by atoms with Crippen molar-refractivity contribution in [3.8, 4) is 17.6 Å². The molecule has 0 spiro atoms. The minimum atomic E-state index is -0.743. The van der Waals surface area contributed by atoms with E-state index in [0.717, 1.165) is 115 Å². The van der Waals surface area contributed by atoms with Crippen LogP contribution in [0.25, 0.3) is 33.7 Å². The second-order valence-electron chi connectivity index (χ2n) is 19.8. The molecule has 4 aromatic heterocycles. The Hall–Kier alpha value is -5.82. The Labute approximate surface area is 394 Å². The van der Waals surface area contributed by atoms with Crippen molar-refractivity contribution in [2.75, 3.05) is 52.4 Å². The second-order valence-corrected chi connectivity index (χ2v) is 19.8. The fourth-order valence-electron chi connectivity index (χ4n) is 10.7. The van der Waals surface area contributed by atoms with Crippen molar-refractivity contribution in [3.63, 3.8) is 0 Å². The molecule has 2 amide bonds. The summed E-state index contributed by atoms with van der Waals surface area (Å²) < 4.78 is 44.0. The summed E-state index contributed by atoms with van der Waals surface area (Å²) in [6.45, 7) is 20.3. The third kappa shape index (κ3) is 9.34. The molecule has 0 saturated carbocycles. The molecule has 68 heavy (non-hydrogen) atoms. The first-order valence-electron chi connectivity index (χ1n) is 24.4. The molecule has 364 valence electrons. The van der Waals surface area contributed by atoms with E-state index in [0.29, 0.717) is 46.0 Å². The number of phenolic OH excluding ortho intramolecular Hbond substituents is 1. The maximum absolute atomic E-state index is 15.1. The van der Waals surface area contributed by atoms with Gasteiger partial charge in [-0.2, -0.15) is 29.5 Å². The minimum Gasteiger partial charge on any atom is -0.505 e. The van der Waals surface area contributed by atoms with Gasteiger partial charge in [0.25, 0.3) is 11.9 Å². The van der Waals surface area contributed by atoms with Gasteiger partial charge in [-0.1, -0.05) is 39.8 Å². The quantitative estimate of drug-likeness (QED) is 0.157. The minimum absolute atomic E-state index is 0.0608. The fraction of sp³-hybridized carbons (Fsp3) is 0.592. The molecule has 0 atom stereocenters. The van der Waals surface area contributed by atoms with E-state index < -0.39 is 11.6 Å². The molecule has 8 heterocycles. The average Bonchev–Trinajstić information content (AvgIpc) is 4.17. The molecule has 19 heteroatoms. The number of fused-ring (bicyclic) bond motifs is 2. The van der Waals surface area contributed by atoms with Crippen LogP contribution in [0.15, 0.2) is 33.3 Å². The predicted molar refractivity (Wildman–Crippen MR) is 250 cm³/mol. The first-order chi connectivity index (χ1) is 32.7. The highest BCUT2D eigenvalue weighted by Crippen LogP contribution is 2.36. The molecule has 0 radical (unpaired) electrons. The maximum atomic E-state index is 15.1. The van der Waals surface area contributed by atoms with E-state index in [9.17, 15) is 19.1 Å². The Morgan fingerprint density at radius 3 is 1.40 bits per heavy atom. The van der Waals surface area contributed by atoms with Crippen LogP contribution >= 0.6 is 0 Å². The van der Waals surface area contributed by atoms with E-state index in [1.165, 1.54) is 15.4 Å². The molecule has 17 nitrogen and oxygen atoms in total. The lowest BCUT2D eigenvalue weighted by molar-refractivity contribution is -0.131. The number of halogens is 2. The van der Waals surface area contributed by atoms with Crippen molar-refractivity contribution in [1.82, 2.24) is 59.4 Å². The molecule has 4 saturated heterocycles. The van der Waals surface area contributed by atoms with E-state index in [4.69, 9.17) is 9.05 Å². The molecular formula is C49H64F2N12O5. The number of hydrogen-bond donors (Lipinski definition) is 1. The summed E-state index contributed by atoms with van der Waals surface area (Å²) in [7, 11) is 0. The van der Waals surface area contributed by atoms with Gasteiger partial charge in [0.2, 0.25) is 23.6 Å². The number of likely N-dealkylation sites (tertiary alicyclic amines) is 4. The first-order valence-corrected chi connectivity index (χ1v) is 24.4. The van der Waals surface area contributed by atoms with Gasteiger partial charge >= 0.3 is 0 Å². The van der Waals surface area contributed by atoms with Gasteiger partial charge in [-0.3, -0.25) is 9.59 Å².